The van der Waals surface area contributed by atoms with Crippen LogP contribution in [0.15, 0.2) is 18.3 Å². The molecule has 1 aliphatic rings. The highest BCUT2D eigenvalue weighted by Crippen LogP contribution is 2.25. The molecule has 0 saturated carbocycles. The number of aromatic nitrogens is 1. The molecule has 0 aromatic carbocycles. The monoisotopic (exact) mass is 232 g/mol. The van der Waals surface area contributed by atoms with Gasteiger partial charge < -0.3 is 4.90 Å². The van der Waals surface area contributed by atoms with Gasteiger partial charge in [0.1, 0.15) is 5.82 Å². The third kappa shape index (κ3) is 2.99. The Bertz CT molecular complexity index is 352. The molecule has 0 atom stereocenters. The van der Waals surface area contributed by atoms with E-state index < -0.39 is 0 Å². The van der Waals surface area contributed by atoms with Crippen LogP contribution in [-0.2, 0) is 0 Å². The van der Waals surface area contributed by atoms with Crippen molar-refractivity contribution >= 4 is 5.82 Å². The molecular weight excluding hydrogens is 208 g/mol. The van der Waals surface area contributed by atoms with Crippen molar-refractivity contribution in [1.29, 1.82) is 0 Å². The summed E-state index contributed by atoms with van der Waals surface area (Å²) in [6.45, 7) is 9.13. The van der Waals surface area contributed by atoms with Crippen LogP contribution < -0.4 is 4.90 Å². The Hall–Kier alpha value is -1.05. The molecule has 1 saturated heterocycles. The zero-order valence-electron chi connectivity index (χ0n) is 11.3. The quantitative estimate of drug-likeness (QED) is 0.787. The predicted molar refractivity (Wildman–Crippen MR) is 73.6 cm³/mol. The maximum atomic E-state index is 4.52. The van der Waals surface area contributed by atoms with Gasteiger partial charge >= 0.3 is 0 Å². The summed E-state index contributed by atoms with van der Waals surface area (Å²) in [5.41, 5.74) is 1.40. The third-order valence-corrected chi connectivity index (χ3v) is 3.95. The first-order chi connectivity index (χ1) is 8.20. The minimum atomic E-state index is 0.588. The van der Waals surface area contributed by atoms with Crippen LogP contribution in [-0.4, -0.2) is 18.1 Å². The van der Waals surface area contributed by atoms with Crippen LogP contribution in [0.3, 0.4) is 0 Å². The van der Waals surface area contributed by atoms with Crippen LogP contribution in [0, 0.1) is 5.92 Å². The molecule has 2 heterocycles. The fourth-order valence-electron chi connectivity index (χ4n) is 2.54. The van der Waals surface area contributed by atoms with E-state index in [0.29, 0.717) is 5.92 Å². The van der Waals surface area contributed by atoms with Crippen molar-refractivity contribution in [3.05, 3.63) is 23.9 Å². The Labute approximate surface area is 105 Å². The number of anilines is 1. The van der Waals surface area contributed by atoms with Gasteiger partial charge in [0.05, 0.1) is 0 Å². The fourth-order valence-corrected chi connectivity index (χ4v) is 2.54. The molecule has 0 N–H and O–H groups in total. The summed E-state index contributed by atoms with van der Waals surface area (Å²) in [5.74, 6) is 2.69. The van der Waals surface area contributed by atoms with Crippen molar-refractivity contribution in [3.8, 4) is 0 Å². The van der Waals surface area contributed by atoms with Gasteiger partial charge in [-0.3, -0.25) is 0 Å². The van der Waals surface area contributed by atoms with Gasteiger partial charge in [-0.25, -0.2) is 4.98 Å². The minimum absolute atomic E-state index is 0.588. The summed E-state index contributed by atoms with van der Waals surface area (Å²) in [6, 6.07) is 4.39. The lowest BCUT2D eigenvalue weighted by atomic mass is 9.94. The molecular formula is C15H24N2. The van der Waals surface area contributed by atoms with E-state index in [-0.39, 0.29) is 0 Å². The highest BCUT2D eigenvalue weighted by molar-refractivity contribution is 5.42. The zero-order chi connectivity index (χ0) is 12.3. The first-order valence-electron chi connectivity index (χ1n) is 6.91. The van der Waals surface area contributed by atoms with Gasteiger partial charge in [0.25, 0.3) is 0 Å². The highest BCUT2D eigenvalue weighted by atomic mass is 15.2. The topological polar surface area (TPSA) is 16.1 Å². The lowest BCUT2D eigenvalue weighted by Crippen LogP contribution is -2.34. The second-order valence-electron chi connectivity index (χ2n) is 5.44. The SMILES string of the molecule is CCC1CCN(c2cc(C(C)C)ccn2)CC1. The van der Waals surface area contributed by atoms with Crippen molar-refractivity contribution in [1.82, 2.24) is 4.98 Å². The normalized spacial score (nSPS) is 17.8. The van der Waals surface area contributed by atoms with Gasteiger partial charge in [0.15, 0.2) is 0 Å². The molecule has 1 aromatic heterocycles. The Kier molecular flexibility index (Phi) is 4.03. The molecule has 1 aliphatic heterocycles. The maximum Gasteiger partial charge on any atom is 0.128 e. The first-order valence-corrected chi connectivity index (χ1v) is 6.91. The number of hydrogen-bond acceptors (Lipinski definition) is 2. The number of piperidine rings is 1. The van der Waals surface area contributed by atoms with E-state index in [1.54, 1.807) is 0 Å². The summed E-state index contributed by atoms with van der Waals surface area (Å²) in [6.07, 6.45) is 5.93. The summed E-state index contributed by atoms with van der Waals surface area (Å²) in [5, 5.41) is 0. The van der Waals surface area contributed by atoms with Gasteiger partial charge in [-0.05, 0) is 42.4 Å². The van der Waals surface area contributed by atoms with Gasteiger partial charge in [-0.2, -0.15) is 0 Å². The molecule has 1 aromatic rings. The summed E-state index contributed by atoms with van der Waals surface area (Å²) >= 11 is 0. The maximum absolute atomic E-state index is 4.52. The average molecular weight is 232 g/mol. The molecule has 2 rings (SSSR count). The average Bonchev–Trinajstić information content (AvgIpc) is 2.39. The van der Waals surface area contributed by atoms with E-state index in [9.17, 15) is 0 Å². The number of pyridine rings is 1. The lowest BCUT2D eigenvalue weighted by Gasteiger charge is -2.32. The molecule has 2 heteroatoms. The van der Waals surface area contributed by atoms with Gasteiger partial charge in [0.2, 0.25) is 0 Å². The van der Waals surface area contributed by atoms with Gasteiger partial charge in [0, 0.05) is 19.3 Å². The zero-order valence-corrected chi connectivity index (χ0v) is 11.3. The molecule has 1 fully saturated rings. The van der Waals surface area contributed by atoms with Crippen LogP contribution >= 0.6 is 0 Å². The van der Waals surface area contributed by atoms with Crippen molar-refractivity contribution < 1.29 is 0 Å². The second kappa shape index (κ2) is 5.52. The third-order valence-electron chi connectivity index (χ3n) is 3.95. The molecule has 2 nitrogen and oxygen atoms in total. The van der Waals surface area contributed by atoms with Gasteiger partial charge in [-0.15, -0.1) is 0 Å². The second-order valence-corrected chi connectivity index (χ2v) is 5.44. The van der Waals surface area contributed by atoms with E-state index >= 15 is 0 Å². The number of hydrogen-bond donors (Lipinski definition) is 0. The molecule has 17 heavy (non-hydrogen) atoms. The van der Waals surface area contributed by atoms with Crippen LogP contribution in [0.5, 0.6) is 0 Å². The van der Waals surface area contributed by atoms with Crippen LogP contribution in [0.4, 0.5) is 5.82 Å². The first kappa shape index (κ1) is 12.4. The van der Waals surface area contributed by atoms with E-state index in [4.69, 9.17) is 0 Å². The lowest BCUT2D eigenvalue weighted by molar-refractivity contribution is 0.393. The molecule has 0 amide bonds. The smallest absolute Gasteiger partial charge is 0.128 e. The van der Waals surface area contributed by atoms with Crippen molar-refractivity contribution in [2.75, 3.05) is 18.0 Å². The Morgan fingerprint density at radius 3 is 2.65 bits per heavy atom. The summed E-state index contributed by atoms with van der Waals surface area (Å²) in [7, 11) is 0. The van der Waals surface area contributed by atoms with Crippen molar-refractivity contribution in [3.63, 3.8) is 0 Å². The molecule has 0 unspecified atom stereocenters. The predicted octanol–water partition coefficient (Wildman–Crippen LogP) is 3.83. The van der Waals surface area contributed by atoms with Crippen molar-refractivity contribution in [2.24, 2.45) is 5.92 Å². The standard InChI is InChI=1S/C15H24N2/c1-4-13-6-9-17(10-7-13)15-11-14(12(2)3)5-8-16-15/h5,8,11-13H,4,6-7,9-10H2,1-3H3. The van der Waals surface area contributed by atoms with E-state index in [0.717, 1.165) is 5.92 Å². The van der Waals surface area contributed by atoms with Crippen LogP contribution in [0.25, 0.3) is 0 Å². The summed E-state index contributed by atoms with van der Waals surface area (Å²) in [4.78, 5) is 6.96. The van der Waals surface area contributed by atoms with E-state index in [1.165, 1.54) is 43.7 Å². The fraction of sp³-hybridized carbons (Fsp3) is 0.667. The largest absolute Gasteiger partial charge is 0.357 e. The summed E-state index contributed by atoms with van der Waals surface area (Å²) < 4.78 is 0. The molecule has 0 aliphatic carbocycles. The molecule has 0 spiro atoms. The highest BCUT2D eigenvalue weighted by Gasteiger charge is 2.18. The van der Waals surface area contributed by atoms with E-state index in [2.05, 4.69) is 42.8 Å². The Morgan fingerprint density at radius 1 is 1.35 bits per heavy atom. The molecule has 0 radical (unpaired) electrons. The molecule has 94 valence electrons. The number of rotatable bonds is 3. The van der Waals surface area contributed by atoms with Crippen LogP contribution in [0.1, 0.15) is 51.5 Å². The minimum Gasteiger partial charge on any atom is -0.357 e. The van der Waals surface area contributed by atoms with Crippen LogP contribution in [0.2, 0.25) is 0 Å². The number of nitrogens with zero attached hydrogens (tertiary/aromatic N) is 2. The van der Waals surface area contributed by atoms with E-state index in [1.807, 2.05) is 6.20 Å². The van der Waals surface area contributed by atoms with Gasteiger partial charge in [-0.1, -0.05) is 27.2 Å². The van der Waals surface area contributed by atoms with Crippen molar-refractivity contribution in [2.45, 2.75) is 46.0 Å². The Morgan fingerprint density at radius 2 is 2.06 bits per heavy atom. The molecule has 0 bridgehead atoms. The Balaban J connectivity index is 2.05.